The van der Waals surface area contributed by atoms with Crippen molar-refractivity contribution in [3.8, 4) is 11.4 Å². The average Bonchev–Trinajstić information content (AvgIpc) is 2.85. The monoisotopic (exact) mass is 361 g/mol. The Morgan fingerprint density at radius 1 is 0.800 bits per heavy atom. The van der Waals surface area contributed by atoms with E-state index in [2.05, 4.69) is 15.3 Å². The first kappa shape index (κ1) is 16.2. The summed E-state index contributed by atoms with van der Waals surface area (Å²) in [6.45, 7) is 0. The van der Waals surface area contributed by atoms with E-state index in [9.17, 15) is 9.59 Å². The third kappa shape index (κ3) is 5.05. The van der Waals surface area contributed by atoms with Crippen LogP contribution in [0.15, 0.2) is 48.8 Å². The third-order valence-electron chi connectivity index (χ3n) is 2.39. The van der Waals surface area contributed by atoms with Crippen LogP contribution in [0.4, 0.5) is 0 Å². The molecule has 3 rings (SSSR count). The van der Waals surface area contributed by atoms with Gasteiger partial charge >= 0.3 is 22.4 Å². The maximum atomic E-state index is 10.1. The van der Waals surface area contributed by atoms with Crippen molar-refractivity contribution in [1.82, 2.24) is 9.97 Å². The minimum Gasteiger partial charge on any atom is -0.596 e. The van der Waals surface area contributed by atoms with Crippen molar-refractivity contribution in [2.45, 2.75) is 12.8 Å². The summed E-state index contributed by atoms with van der Waals surface area (Å²) in [5.74, 6) is -0.546. The number of carbonyl (C=O) groups excluding carboxylic acids is 2. The number of hydrogen-bond donors (Lipinski definition) is 0. The van der Waals surface area contributed by atoms with Gasteiger partial charge in [0.2, 0.25) is 0 Å². The van der Waals surface area contributed by atoms with Gasteiger partial charge in [-0.25, -0.2) is 0 Å². The maximum absolute atomic E-state index is 10.1. The molecule has 20 heavy (non-hydrogen) atoms. The van der Waals surface area contributed by atoms with Crippen LogP contribution in [0.25, 0.3) is 16.7 Å². The number of amides is 2. The summed E-state index contributed by atoms with van der Waals surface area (Å²) < 4.78 is 0. The molecule has 2 aromatic heterocycles. The molecule has 0 radical (unpaired) electrons. The fourth-order valence-corrected chi connectivity index (χ4v) is 1.49. The van der Waals surface area contributed by atoms with Gasteiger partial charge in [-0.05, 0) is 37.1 Å². The zero-order valence-electron chi connectivity index (χ0n) is 10.5. The fourth-order valence-electron chi connectivity index (χ4n) is 1.49. The van der Waals surface area contributed by atoms with Crippen molar-refractivity contribution in [1.29, 1.82) is 0 Å². The van der Waals surface area contributed by atoms with Crippen molar-refractivity contribution in [3.63, 3.8) is 0 Å². The molecule has 1 aliphatic heterocycles. The molecule has 2 amide bonds. The Hall–Kier alpha value is -1.82. The molecule has 0 aliphatic carbocycles. The van der Waals surface area contributed by atoms with Gasteiger partial charge in [0.15, 0.2) is 0 Å². The number of rotatable bonds is 1. The van der Waals surface area contributed by atoms with Gasteiger partial charge in [0.05, 0.1) is 23.2 Å². The number of imide groups is 1. The van der Waals surface area contributed by atoms with Crippen molar-refractivity contribution in [2.24, 2.45) is 0 Å². The number of nitrogens with zero attached hydrogens (tertiary/aromatic N) is 3. The van der Waals surface area contributed by atoms with Crippen LogP contribution in [0, 0.1) is 0 Å². The molecular formula is C14H12AgN3O2. The molecule has 0 saturated carbocycles. The van der Waals surface area contributed by atoms with Gasteiger partial charge in [-0.3, -0.25) is 9.97 Å². The standard InChI is InChI=1S/C10H8N2.C4H5NO2.Ag/c1-3-7-11-9(5-1)10-6-2-4-8-12-10;6-3-1-2-4(7)5-3;/h1-8H;1-2H2,(H,5,6,7);/q;;+1/p-1. The third-order valence-corrected chi connectivity index (χ3v) is 2.39. The molecule has 0 unspecified atom stereocenters. The predicted molar refractivity (Wildman–Crippen MR) is 70.1 cm³/mol. The molecule has 1 fully saturated rings. The molecule has 0 bridgehead atoms. The largest absolute Gasteiger partial charge is 1.00 e. The summed E-state index contributed by atoms with van der Waals surface area (Å²) in [7, 11) is 0. The molecule has 1 aliphatic rings. The van der Waals surface area contributed by atoms with Gasteiger partial charge in [-0.2, -0.15) is 0 Å². The summed E-state index contributed by atoms with van der Waals surface area (Å²) in [5.41, 5.74) is 1.83. The summed E-state index contributed by atoms with van der Waals surface area (Å²) in [6.07, 6.45) is 4.17. The van der Waals surface area contributed by atoms with E-state index >= 15 is 0 Å². The van der Waals surface area contributed by atoms with E-state index in [1.807, 2.05) is 36.4 Å². The maximum Gasteiger partial charge on any atom is 1.00 e. The molecule has 0 aromatic carbocycles. The van der Waals surface area contributed by atoms with Gasteiger partial charge in [-0.15, -0.1) is 0 Å². The summed E-state index contributed by atoms with van der Waals surface area (Å²) in [6, 6.07) is 11.6. The summed E-state index contributed by atoms with van der Waals surface area (Å²) in [5, 5.41) is 3.11. The molecule has 106 valence electrons. The predicted octanol–water partition coefficient (Wildman–Crippen LogP) is 2.35. The molecule has 3 heterocycles. The fraction of sp³-hybridized carbons (Fsp3) is 0.143. The first-order valence-electron chi connectivity index (χ1n) is 5.85. The molecule has 0 N–H and O–H groups in total. The van der Waals surface area contributed by atoms with Crippen LogP contribution >= 0.6 is 0 Å². The van der Waals surface area contributed by atoms with Gasteiger partial charge in [-0.1, -0.05) is 12.1 Å². The zero-order chi connectivity index (χ0) is 13.5. The molecule has 0 atom stereocenters. The van der Waals surface area contributed by atoms with E-state index < -0.39 is 0 Å². The molecule has 0 spiro atoms. The van der Waals surface area contributed by atoms with E-state index in [0.29, 0.717) is 12.8 Å². The van der Waals surface area contributed by atoms with Crippen LogP contribution < -0.4 is 0 Å². The van der Waals surface area contributed by atoms with E-state index in [1.54, 1.807) is 12.4 Å². The van der Waals surface area contributed by atoms with E-state index in [-0.39, 0.29) is 34.2 Å². The molecule has 6 heteroatoms. The van der Waals surface area contributed by atoms with Crippen LogP contribution in [-0.2, 0) is 32.0 Å². The Morgan fingerprint density at radius 3 is 1.50 bits per heavy atom. The van der Waals surface area contributed by atoms with Crippen LogP contribution in [0.1, 0.15) is 12.8 Å². The van der Waals surface area contributed by atoms with E-state index in [1.165, 1.54) is 0 Å². The molecule has 1 saturated heterocycles. The number of aromatic nitrogens is 2. The van der Waals surface area contributed by atoms with Gasteiger partial charge < -0.3 is 14.9 Å². The quantitative estimate of drug-likeness (QED) is 0.577. The van der Waals surface area contributed by atoms with Crippen molar-refractivity contribution in [3.05, 3.63) is 54.1 Å². The van der Waals surface area contributed by atoms with Gasteiger partial charge in [0, 0.05) is 12.4 Å². The molecular weight excluding hydrogens is 350 g/mol. The zero-order valence-corrected chi connectivity index (χ0v) is 12.0. The Bertz CT molecular complexity index is 510. The Kier molecular flexibility index (Phi) is 6.80. The van der Waals surface area contributed by atoms with Crippen LogP contribution in [-0.4, -0.2) is 21.8 Å². The van der Waals surface area contributed by atoms with E-state index in [0.717, 1.165) is 11.4 Å². The minimum atomic E-state index is -0.273. The smallest absolute Gasteiger partial charge is 0.596 e. The van der Waals surface area contributed by atoms with Crippen molar-refractivity contribution < 1.29 is 32.0 Å². The van der Waals surface area contributed by atoms with Gasteiger partial charge in [0.25, 0.3) is 0 Å². The summed E-state index contributed by atoms with van der Waals surface area (Å²) >= 11 is 0. The molecule has 5 nitrogen and oxygen atoms in total. The number of carbonyl (C=O) groups is 2. The Balaban J connectivity index is 0.000000216. The van der Waals surface area contributed by atoms with Crippen molar-refractivity contribution in [2.75, 3.05) is 0 Å². The Morgan fingerprint density at radius 2 is 1.25 bits per heavy atom. The summed E-state index contributed by atoms with van der Waals surface area (Å²) in [4.78, 5) is 28.5. The van der Waals surface area contributed by atoms with E-state index in [4.69, 9.17) is 0 Å². The average molecular weight is 362 g/mol. The number of hydrogen-bond acceptors (Lipinski definition) is 4. The second-order valence-electron chi connectivity index (χ2n) is 3.83. The molecule has 2 aromatic rings. The van der Waals surface area contributed by atoms with Crippen LogP contribution in [0.5, 0.6) is 0 Å². The first-order valence-corrected chi connectivity index (χ1v) is 5.85. The normalized spacial score (nSPS) is 12.8. The van der Waals surface area contributed by atoms with Crippen LogP contribution in [0.2, 0.25) is 0 Å². The topological polar surface area (TPSA) is 74.0 Å². The van der Waals surface area contributed by atoms with Crippen LogP contribution in [0.3, 0.4) is 0 Å². The minimum absolute atomic E-state index is 0. The van der Waals surface area contributed by atoms with Crippen molar-refractivity contribution >= 4 is 11.8 Å². The second-order valence-corrected chi connectivity index (χ2v) is 3.83. The second kappa shape index (κ2) is 8.37. The number of pyridine rings is 2. The van der Waals surface area contributed by atoms with Gasteiger partial charge in [0.1, 0.15) is 0 Å². The Labute approximate surface area is 132 Å². The SMILES string of the molecule is O=C1CCC(=O)[N-]1.[Ag+].c1ccc(-c2ccccn2)nc1. The first-order chi connectivity index (χ1) is 9.25.